The molecule has 0 saturated carbocycles. The molecule has 2 aromatic rings. The van der Waals surface area contributed by atoms with Crippen molar-refractivity contribution >= 4 is 27.8 Å². The topological polar surface area (TPSA) is 24.1 Å². The molecule has 0 radical (unpaired) electrons. The SMILES string of the molecule is C[Si](C)(Nc1ccccc1)C1=[C-]CC=C1.C[Si](C)(Nc1ccccc1)C1=[C-]CC=C1.[Hf]. The van der Waals surface area contributed by atoms with Gasteiger partial charge in [-0.25, -0.2) is 22.5 Å². The first kappa shape index (κ1) is 25.6. The van der Waals surface area contributed by atoms with Crippen molar-refractivity contribution in [2.24, 2.45) is 0 Å². The molecular weight excluding hydrogens is 575 g/mol. The molecule has 5 heteroatoms. The standard InChI is InChI=1S/2C13H16NSi.Hf/c2*1-15(2,13-10-6-7-11-13)14-12-8-4-3-5-9-12;/h2*3-6,8-10,14H,7H2,1-2H3;/q2*-1;. The minimum absolute atomic E-state index is 0. The predicted octanol–water partition coefficient (Wildman–Crippen LogP) is 7.06. The molecule has 0 saturated heterocycles. The van der Waals surface area contributed by atoms with Crippen LogP contribution in [0.1, 0.15) is 12.8 Å². The van der Waals surface area contributed by atoms with Gasteiger partial charge in [0.1, 0.15) is 16.5 Å². The maximum Gasteiger partial charge on any atom is 0.143 e. The Kier molecular flexibility index (Phi) is 9.72. The molecule has 0 atom stereocenters. The van der Waals surface area contributed by atoms with Gasteiger partial charge in [0, 0.05) is 37.2 Å². The Hall–Kier alpha value is -1.70. The van der Waals surface area contributed by atoms with Gasteiger partial charge in [-0.3, -0.25) is 12.2 Å². The van der Waals surface area contributed by atoms with Gasteiger partial charge in [0.25, 0.3) is 0 Å². The Morgan fingerprint density at radius 2 is 0.968 bits per heavy atom. The van der Waals surface area contributed by atoms with E-state index in [9.17, 15) is 0 Å². The van der Waals surface area contributed by atoms with Crippen LogP contribution in [0.4, 0.5) is 11.4 Å². The van der Waals surface area contributed by atoms with Crippen LogP contribution in [-0.2, 0) is 25.8 Å². The minimum atomic E-state index is -1.54. The zero-order valence-electron chi connectivity index (χ0n) is 19.0. The Morgan fingerprint density at radius 3 is 1.26 bits per heavy atom. The van der Waals surface area contributed by atoms with Crippen molar-refractivity contribution in [3.63, 3.8) is 0 Å². The molecule has 31 heavy (non-hydrogen) atoms. The first-order valence-corrected chi connectivity index (χ1v) is 16.6. The first-order valence-electron chi connectivity index (χ1n) is 10.6. The molecule has 0 heterocycles. The number of hydrogen-bond donors (Lipinski definition) is 2. The second-order valence-corrected chi connectivity index (χ2v) is 16.7. The number of benzene rings is 2. The summed E-state index contributed by atoms with van der Waals surface area (Å²) in [5, 5.41) is 2.76. The molecule has 2 aliphatic rings. The molecule has 2 aromatic carbocycles. The van der Waals surface area contributed by atoms with Gasteiger partial charge < -0.3 is 9.96 Å². The molecule has 160 valence electrons. The van der Waals surface area contributed by atoms with Crippen LogP contribution in [0.25, 0.3) is 0 Å². The van der Waals surface area contributed by atoms with Gasteiger partial charge in [-0.15, -0.1) is 12.8 Å². The van der Waals surface area contributed by atoms with Crippen LogP contribution in [0.3, 0.4) is 0 Å². The Labute approximate surface area is 209 Å². The normalized spacial score (nSPS) is 14.7. The van der Waals surface area contributed by atoms with Crippen molar-refractivity contribution in [2.75, 3.05) is 9.96 Å². The van der Waals surface area contributed by atoms with Gasteiger partial charge in [-0.1, -0.05) is 36.4 Å². The van der Waals surface area contributed by atoms with E-state index in [1.807, 2.05) is 12.1 Å². The van der Waals surface area contributed by atoms with E-state index in [4.69, 9.17) is 0 Å². The van der Waals surface area contributed by atoms with E-state index in [1.54, 1.807) is 0 Å². The third-order valence-electron chi connectivity index (χ3n) is 5.20. The Balaban J connectivity index is 0.000000213. The molecule has 0 bridgehead atoms. The number of hydrogen-bond acceptors (Lipinski definition) is 2. The molecule has 0 aliphatic heterocycles. The van der Waals surface area contributed by atoms with Crippen LogP contribution >= 0.6 is 0 Å². The second kappa shape index (κ2) is 11.8. The summed E-state index contributed by atoms with van der Waals surface area (Å²) in [5.74, 6) is 0. The number of allylic oxidation sites excluding steroid dienone is 8. The summed E-state index contributed by atoms with van der Waals surface area (Å²) in [4.78, 5) is 7.30. The molecule has 2 N–H and O–H groups in total. The van der Waals surface area contributed by atoms with Gasteiger partial charge >= 0.3 is 0 Å². The van der Waals surface area contributed by atoms with E-state index >= 15 is 0 Å². The van der Waals surface area contributed by atoms with Crippen LogP contribution < -0.4 is 9.96 Å². The molecule has 0 spiro atoms. The number of nitrogens with one attached hydrogen (secondary N) is 2. The summed E-state index contributed by atoms with van der Waals surface area (Å²) in [6.07, 6.45) is 17.6. The minimum Gasteiger partial charge on any atom is -0.409 e. The average Bonchev–Trinajstić information content (AvgIpc) is 3.44. The van der Waals surface area contributed by atoms with Crippen molar-refractivity contribution in [1.82, 2.24) is 0 Å². The fraction of sp³-hybridized carbons (Fsp3) is 0.231. The summed E-state index contributed by atoms with van der Waals surface area (Å²) in [7, 11) is -3.08. The van der Waals surface area contributed by atoms with E-state index in [0.717, 1.165) is 12.8 Å². The van der Waals surface area contributed by atoms with Crippen LogP contribution in [-0.4, -0.2) is 16.5 Å². The third-order valence-corrected chi connectivity index (χ3v) is 10.4. The van der Waals surface area contributed by atoms with Gasteiger partial charge in [0.05, 0.1) is 0 Å². The van der Waals surface area contributed by atoms with Crippen molar-refractivity contribution in [3.8, 4) is 0 Å². The Morgan fingerprint density at radius 1 is 0.613 bits per heavy atom. The quantitative estimate of drug-likeness (QED) is 0.272. The van der Waals surface area contributed by atoms with E-state index in [1.165, 1.54) is 21.8 Å². The van der Waals surface area contributed by atoms with E-state index < -0.39 is 16.5 Å². The zero-order valence-corrected chi connectivity index (χ0v) is 24.6. The number of rotatable bonds is 6. The van der Waals surface area contributed by atoms with E-state index in [0.29, 0.717) is 0 Å². The third kappa shape index (κ3) is 7.74. The first-order chi connectivity index (χ1) is 14.4. The maximum atomic E-state index is 3.65. The number of anilines is 2. The molecule has 0 amide bonds. The molecule has 0 aromatic heterocycles. The van der Waals surface area contributed by atoms with Gasteiger partial charge in [-0.2, -0.15) is 12.2 Å². The second-order valence-electron chi connectivity index (χ2n) is 8.63. The van der Waals surface area contributed by atoms with Crippen LogP contribution in [0.15, 0.2) is 95.4 Å². The molecule has 0 fully saturated rings. The largest absolute Gasteiger partial charge is 0.409 e. The van der Waals surface area contributed by atoms with Crippen molar-refractivity contribution in [1.29, 1.82) is 0 Å². The van der Waals surface area contributed by atoms with Crippen LogP contribution in [0, 0.1) is 12.2 Å². The Bertz CT molecular complexity index is 866. The summed E-state index contributed by atoms with van der Waals surface area (Å²) < 4.78 is 0. The zero-order chi connectivity index (χ0) is 21.5. The van der Waals surface area contributed by atoms with Gasteiger partial charge in [0.15, 0.2) is 0 Å². The molecule has 2 aliphatic carbocycles. The summed E-state index contributed by atoms with van der Waals surface area (Å²) >= 11 is 0. The van der Waals surface area contributed by atoms with Gasteiger partial charge in [0.2, 0.25) is 0 Å². The van der Waals surface area contributed by atoms with Crippen LogP contribution in [0.2, 0.25) is 26.2 Å². The summed E-state index contributed by atoms with van der Waals surface area (Å²) in [5.41, 5.74) is 2.42. The number of para-hydroxylation sites is 2. The molecule has 2 nitrogen and oxygen atoms in total. The van der Waals surface area contributed by atoms with Crippen LogP contribution in [0.5, 0.6) is 0 Å². The maximum absolute atomic E-state index is 3.65. The predicted molar refractivity (Wildman–Crippen MR) is 136 cm³/mol. The summed E-state index contributed by atoms with van der Waals surface area (Å²) in [6, 6.07) is 20.8. The van der Waals surface area contributed by atoms with E-state index in [-0.39, 0.29) is 25.8 Å². The average molecular weight is 607 g/mol. The fourth-order valence-corrected chi connectivity index (χ4v) is 7.77. The van der Waals surface area contributed by atoms with E-state index in [2.05, 4.69) is 121 Å². The monoisotopic (exact) mass is 608 g/mol. The molecule has 0 unspecified atom stereocenters. The van der Waals surface area contributed by atoms with Crippen molar-refractivity contribution < 1.29 is 25.8 Å². The molecule has 4 rings (SSSR count). The summed E-state index contributed by atoms with van der Waals surface area (Å²) in [6.45, 7) is 9.27. The smallest absolute Gasteiger partial charge is 0.143 e. The fourth-order valence-electron chi connectivity index (χ4n) is 3.57. The van der Waals surface area contributed by atoms with Crippen molar-refractivity contribution in [2.45, 2.75) is 39.0 Å². The van der Waals surface area contributed by atoms with Gasteiger partial charge in [-0.05, 0) is 50.5 Å². The molecular formula is C26H32HfN2Si2-2. The van der Waals surface area contributed by atoms with Crippen molar-refractivity contribution in [3.05, 3.63) is 108 Å².